The van der Waals surface area contributed by atoms with E-state index in [9.17, 15) is 0 Å². The third kappa shape index (κ3) is 6.21. The van der Waals surface area contributed by atoms with Crippen LogP contribution in [0.3, 0.4) is 0 Å². The zero-order valence-corrected chi connectivity index (χ0v) is 38.8. The van der Waals surface area contributed by atoms with Gasteiger partial charge in [0.15, 0.2) is 5.43 Å². The summed E-state index contributed by atoms with van der Waals surface area (Å²) < 4.78 is 15.4. The first-order valence-electron chi connectivity index (χ1n) is 23.9. The summed E-state index contributed by atoms with van der Waals surface area (Å²) in [5, 5.41) is 8.98. The van der Waals surface area contributed by atoms with Crippen LogP contribution >= 0.6 is 11.3 Å². The van der Waals surface area contributed by atoms with Crippen LogP contribution in [0.2, 0.25) is 0 Å². The Labute approximate surface area is 414 Å². The normalized spacial score (nSPS) is 13.2. The number of ether oxygens (including phenoxy) is 2. The standard InChI is InChI=1S/C61H38B2N4O3S/c68-61-43-33-47-49(65-50-29-38(64-37-17-5-1-6-18-37)30-53-59(50)62(47)45-25-13-15-27-51(45)66(53)39-19-7-2-8-20-39)35-57(43)71-58-36-55-48(34-44(58)61)63-46-26-14-16-28-52(46)67(40-21-9-3-10-22-40)54-31-42(32-56(70-55)60(54)63)69-41-23-11-4-12-24-41/h1-36,64-65H. The summed E-state index contributed by atoms with van der Waals surface area (Å²) in [4.78, 5) is 20.1. The van der Waals surface area contributed by atoms with Crippen molar-refractivity contribution in [2.75, 3.05) is 20.4 Å². The number of benzene rings is 10. The van der Waals surface area contributed by atoms with Crippen molar-refractivity contribution in [2.24, 2.45) is 0 Å². The van der Waals surface area contributed by atoms with E-state index in [1.54, 1.807) is 11.3 Å². The summed E-state index contributed by atoms with van der Waals surface area (Å²) in [6.45, 7) is -0.331. The Hall–Kier alpha value is -8.98. The summed E-state index contributed by atoms with van der Waals surface area (Å²) in [5.41, 5.74) is 16.9. The molecule has 7 nitrogen and oxygen atoms in total. The molecule has 0 radical (unpaired) electrons. The van der Waals surface area contributed by atoms with Crippen molar-refractivity contribution in [1.82, 2.24) is 0 Å². The number of fused-ring (bicyclic) bond motifs is 10. The highest BCUT2D eigenvalue weighted by Gasteiger charge is 2.44. The van der Waals surface area contributed by atoms with Crippen molar-refractivity contribution in [3.05, 3.63) is 229 Å². The largest absolute Gasteiger partial charge is 0.458 e. The first kappa shape index (κ1) is 40.0. The average molecular weight is 929 g/mol. The second-order valence-corrected chi connectivity index (χ2v) is 19.6. The number of hydrogen-bond donors (Lipinski definition) is 2. The van der Waals surface area contributed by atoms with Crippen LogP contribution in [0.5, 0.6) is 23.0 Å². The molecule has 0 spiro atoms. The maximum Gasteiger partial charge on any atom is 0.256 e. The number of rotatable bonds is 6. The van der Waals surface area contributed by atoms with Crippen LogP contribution in [0.1, 0.15) is 0 Å². The van der Waals surface area contributed by atoms with Crippen LogP contribution in [0.15, 0.2) is 223 Å². The predicted octanol–water partition coefficient (Wildman–Crippen LogP) is 11.7. The minimum absolute atomic E-state index is 0.00965. The lowest BCUT2D eigenvalue weighted by atomic mass is 9.33. The molecule has 0 unspecified atom stereocenters. The van der Waals surface area contributed by atoms with Crippen LogP contribution in [-0.4, -0.2) is 13.4 Å². The van der Waals surface area contributed by atoms with Crippen molar-refractivity contribution in [3.8, 4) is 23.0 Å². The molecule has 4 aliphatic rings. The smallest absolute Gasteiger partial charge is 0.256 e. The molecule has 71 heavy (non-hydrogen) atoms. The molecule has 1 aromatic heterocycles. The minimum Gasteiger partial charge on any atom is -0.458 e. The number of anilines is 10. The number of nitrogens with one attached hydrogen (secondary N) is 2. The molecule has 15 rings (SSSR count). The van der Waals surface area contributed by atoms with E-state index in [0.29, 0.717) is 16.5 Å². The SMILES string of the molecule is O=c1c2cc3c(cc2sc2cc4c(cc12)B1c2ccccc2N(c2ccccc2)c2cc(Oc5ccccc5)cc(c21)O4)Nc1cc(Nc2ccccc2)cc2c1B3c1ccccc1N2c1ccccc1. The molecule has 2 N–H and O–H groups in total. The monoisotopic (exact) mass is 928 g/mol. The molecule has 0 bridgehead atoms. The first-order chi connectivity index (χ1) is 35.1. The van der Waals surface area contributed by atoms with E-state index in [-0.39, 0.29) is 18.9 Å². The van der Waals surface area contributed by atoms with Crippen LogP contribution in [0.4, 0.5) is 56.9 Å². The van der Waals surface area contributed by atoms with E-state index in [4.69, 9.17) is 9.47 Å². The Bertz CT molecular complexity index is 3810. The van der Waals surface area contributed by atoms with E-state index >= 15 is 4.79 Å². The van der Waals surface area contributed by atoms with Crippen molar-refractivity contribution in [3.63, 3.8) is 0 Å². The maximum absolute atomic E-state index is 15.4. The minimum atomic E-state index is -0.203. The van der Waals surface area contributed by atoms with Gasteiger partial charge in [0.25, 0.3) is 13.4 Å². The highest BCUT2D eigenvalue weighted by atomic mass is 32.1. The Morgan fingerprint density at radius 1 is 0.451 bits per heavy atom. The average Bonchev–Trinajstić information content (AvgIpc) is 3.41. The fourth-order valence-electron chi connectivity index (χ4n) is 11.5. The predicted molar refractivity (Wildman–Crippen MR) is 297 cm³/mol. The highest BCUT2D eigenvalue weighted by molar-refractivity contribution is 7.24. The summed E-state index contributed by atoms with van der Waals surface area (Å²) in [6, 6.07) is 75.6. The maximum atomic E-state index is 15.4. The van der Waals surface area contributed by atoms with Crippen molar-refractivity contribution >= 4 is 135 Å². The molecule has 0 saturated carbocycles. The topological polar surface area (TPSA) is 66.1 Å². The van der Waals surface area contributed by atoms with Crippen LogP contribution in [0, 0.1) is 0 Å². The summed E-state index contributed by atoms with van der Waals surface area (Å²) in [5.74, 6) is 2.87. The Morgan fingerprint density at radius 3 is 1.69 bits per heavy atom. The van der Waals surface area contributed by atoms with E-state index in [2.05, 4.69) is 178 Å². The van der Waals surface area contributed by atoms with Crippen LogP contribution in [-0.2, 0) is 0 Å². The number of para-hydroxylation sites is 6. The van der Waals surface area contributed by atoms with Gasteiger partial charge in [0.05, 0.1) is 0 Å². The van der Waals surface area contributed by atoms with Gasteiger partial charge in [-0.05, 0) is 118 Å². The summed E-state index contributed by atoms with van der Waals surface area (Å²) in [6.07, 6.45) is 0. The molecule has 5 heterocycles. The zero-order valence-electron chi connectivity index (χ0n) is 38.0. The lowest BCUT2D eigenvalue weighted by Crippen LogP contribution is -2.60. The first-order valence-corrected chi connectivity index (χ1v) is 24.7. The lowest BCUT2D eigenvalue weighted by molar-refractivity contribution is 0.463. The van der Waals surface area contributed by atoms with Gasteiger partial charge in [0, 0.05) is 89.2 Å². The van der Waals surface area contributed by atoms with E-state index < -0.39 is 0 Å². The van der Waals surface area contributed by atoms with Gasteiger partial charge in [-0.15, -0.1) is 11.3 Å². The molecule has 0 fully saturated rings. The Morgan fingerprint density at radius 2 is 1.01 bits per heavy atom. The van der Waals surface area contributed by atoms with E-state index in [0.717, 1.165) is 105 Å². The third-order valence-corrected chi connectivity index (χ3v) is 15.6. The molecule has 4 aliphatic heterocycles. The molecule has 10 aromatic carbocycles. The van der Waals surface area contributed by atoms with Crippen molar-refractivity contribution in [1.29, 1.82) is 0 Å². The van der Waals surface area contributed by atoms with Gasteiger partial charge in [0.2, 0.25) is 0 Å². The fourth-order valence-corrected chi connectivity index (χ4v) is 12.6. The number of nitrogens with zero attached hydrogens (tertiary/aromatic N) is 2. The van der Waals surface area contributed by atoms with Gasteiger partial charge < -0.3 is 29.9 Å². The second kappa shape index (κ2) is 15.5. The van der Waals surface area contributed by atoms with Crippen LogP contribution < -0.4 is 68.1 Å². The van der Waals surface area contributed by atoms with Crippen molar-refractivity contribution < 1.29 is 9.47 Å². The van der Waals surface area contributed by atoms with Gasteiger partial charge in [-0.2, -0.15) is 0 Å². The molecular weight excluding hydrogens is 890 g/mol. The van der Waals surface area contributed by atoms with Gasteiger partial charge in [-0.1, -0.05) is 121 Å². The van der Waals surface area contributed by atoms with Gasteiger partial charge in [-0.25, -0.2) is 0 Å². The highest BCUT2D eigenvalue weighted by Crippen LogP contribution is 2.46. The number of hydrogen-bond acceptors (Lipinski definition) is 8. The second-order valence-electron chi connectivity index (χ2n) is 18.5. The lowest BCUT2D eigenvalue weighted by Gasteiger charge is -2.41. The summed E-state index contributed by atoms with van der Waals surface area (Å²) in [7, 11) is 0. The Balaban J connectivity index is 0.915. The van der Waals surface area contributed by atoms with Crippen LogP contribution in [0.25, 0.3) is 20.2 Å². The van der Waals surface area contributed by atoms with Gasteiger partial charge in [-0.3, -0.25) is 4.79 Å². The van der Waals surface area contributed by atoms with Gasteiger partial charge >= 0.3 is 0 Å². The molecular formula is C61H38B2N4O3S. The van der Waals surface area contributed by atoms with E-state index in [1.165, 1.54) is 10.9 Å². The molecule has 0 aliphatic carbocycles. The summed E-state index contributed by atoms with van der Waals surface area (Å²) >= 11 is 1.63. The molecule has 0 atom stereocenters. The van der Waals surface area contributed by atoms with E-state index in [1.807, 2.05) is 60.7 Å². The van der Waals surface area contributed by atoms with Gasteiger partial charge in [0.1, 0.15) is 23.0 Å². The Kier molecular flexibility index (Phi) is 8.73. The molecule has 332 valence electrons. The molecule has 10 heteroatoms. The molecule has 0 saturated heterocycles. The third-order valence-electron chi connectivity index (χ3n) is 14.4. The zero-order chi connectivity index (χ0) is 46.7. The molecule has 0 amide bonds. The fraction of sp³-hybridized carbons (Fsp3) is 0. The molecule has 11 aromatic rings. The van der Waals surface area contributed by atoms with Crippen molar-refractivity contribution in [2.45, 2.75) is 0 Å². The quantitative estimate of drug-likeness (QED) is 0.127.